The van der Waals surface area contributed by atoms with Crippen LogP contribution in [-0.2, 0) is 27.4 Å². The molecule has 8 heteroatoms. The quantitative estimate of drug-likeness (QED) is 0.133. The van der Waals surface area contributed by atoms with Crippen LogP contribution in [0.25, 0.3) is 21.5 Å². The van der Waals surface area contributed by atoms with Gasteiger partial charge < -0.3 is 19.3 Å². The highest BCUT2D eigenvalue weighted by Crippen LogP contribution is 2.35. The van der Waals surface area contributed by atoms with E-state index < -0.39 is 5.97 Å². The maximum absolute atomic E-state index is 12.0. The Balaban J connectivity index is 0.000000187. The molecule has 4 aromatic rings. The van der Waals surface area contributed by atoms with E-state index in [-0.39, 0.29) is 17.8 Å². The number of hydrogen-bond acceptors (Lipinski definition) is 7. The van der Waals surface area contributed by atoms with Crippen LogP contribution in [-0.4, -0.2) is 71.8 Å². The third-order valence-corrected chi connectivity index (χ3v) is 14.6. The predicted molar refractivity (Wildman–Crippen MR) is 251 cm³/mol. The third-order valence-electron chi connectivity index (χ3n) is 14.6. The molecule has 0 atom stereocenters. The Morgan fingerprint density at radius 3 is 1.32 bits per heavy atom. The van der Waals surface area contributed by atoms with Crippen molar-refractivity contribution in [3.05, 3.63) is 83.9 Å². The number of carboxylic acid groups (broad SMARTS) is 1. The first kappa shape index (κ1) is 45.9. The summed E-state index contributed by atoms with van der Waals surface area (Å²) in [5.74, 6) is 4.50. The number of likely N-dealkylation sites (tertiary alicyclic amines) is 2. The number of carboxylic acids is 1. The number of nitrogens with zero attached hydrogens (tertiary/aromatic N) is 2. The summed E-state index contributed by atoms with van der Waals surface area (Å²) >= 11 is 0. The van der Waals surface area contributed by atoms with Crippen LogP contribution in [0.3, 0.4) is 0 Å². The Hall–Kier alpha value is -4.14. The van der Waals surface area contributed by atoms with Crippen molar-refractivity contribution in [3.8, 4) is 11.5 Å². The first-order chi connectivity index (χ1) is 30.0. The summed E-state index contributed by atoms with van der Waals surface area (Å²) in [7, 11) is 0. The number of esters is 1. The van der Waals surface area contributed by atoms with Crippen LogP contribution in [0.2, 0.25) is 0 Å². The Bertz CT molecular complexity index is 2050. The molecule has 2 aliphatic heterocycles. The van der Waals surface area contributed by atoms with Crippen LogP contribution in [0.15, 0.2) is 72.8 Å². The molecular formula is C54H74N2O6. The molecule has 336 valence electrons. The normalized spacial score (nSPS) is 23.3. The second kappa shape index (κ2) is 22.0. The number of fused-ring (bicyclic) bond motifs is 2. The molecule has 62 heavy (non-hydrogen) atoms. The van der Waals surface area contributed by atoms with Gasteiger partial charge in [-0.25, -0.2) is 0 Å². The zero-order valence-electron chi connectivity index (χ0n) is 38.4. The SMILES string of the molecule is CC(C)C1CCC(Oc2ccc3cc(CN4CCC(C(=O)O)CC4)ccc3c2)CC1.CCOC(=O)C1CCN(Cc2ccc3cc(OC4CCC(C(C)C)CC4)ccc3c2)CC1. The second-order valence-corrected chi connectivity index (χ2v) is 19.7. The molecule has 2 saturated heterocycles. The molecular weight excluding hydrogens is 773 g/mol. The van der Waals surface area contributed by atoms with E-state index in [1.807, 2.05) is 6.92 Å². The number of benzene rings is 4. The lowest BCUT2D eigenvalue weighted by molar-refractivity contribution is -0.149. The zero-order valence-corrected chi connectivity index (χ0v) is 38.4. The van der Waals surface area contributed by atoms with Crippen molar-refractivity contribution < 1.29 is 28.9 Å². The molecule has 8 rings (SSSR count). The number of hydrogen-bond donors (Lipinski definition) is 1. The second-order valence-electron chi connectivity index (χ2n) is 19.7. The van der Waals surface area contributed by atoms with Crippen LogP contribution in [0, 0.1) is 35.5 Å². The minimum absolute atomic E-state index is 0.0242. The molecule has 0 radical (unpaired) electrons. The van der Waals surface area contributed by atoms with Gasteiger partial charge in [-0.3, -0.25) is 19.4 Å². The molecule has 8 nitrogen and oxygen atoms in total. The Kier molecular flexibility index (Phi) is 16.3. The minimum atomic E-state index is -0.647. The smallest absolute Gasteiger partial charge is 0.309 e. The first-order valence-electron chi connectivity index (χ1n) is 24.2. The van der Waals surface area contributed by atoms with E-state index in [9.17, 15) is 9.59 Å². The van der Waals surface area contributed by atoms with Crippen molar-refractivity contribution in [1.29, 1.82) is 0 Å². The van der Waals surface area contributed by atoms with Gasteiger partial charge in [0, 0.05) is 13.1 Å². The minimum Gasteiger partial charge on any atom is -0.490 e. The maximum atomic E-state index is 12.0. The van der Waals surface area contributed by atoms with E-state index in [0.29, 0.717) is 18.8 Å². The fraction of sp³-hybridized carbons (Fsp3) is 0.593. The van der Waals surface area contributed by atoms with E-state index in [4.69, 9.17) is 19.3 Å². The van der Waals surface area contributed by atoms with E-state index >= 15 is 0 Å². The highest BCUT2D eigenvalue weighted by atomic mass is 16.5. The highest BCUT2D eigenvalue weighted by molar-refractivity contribution is 5.85. The number of piperidine rings is 2. The van der Waals surface area contributed by atoms with Crippen LogP contribution < -0.4 is 9.47 Å². The molecule has 2 heterocycles. The predicted octanol–water partition coefficient (Wildman–Crippen LogP) is 11.9. The molecule has 4 aromatic carbocycles. The van der Waals surface area contributed by atoms with Crippen LogP contribution in [0.1, 0.15) is 123 Å². The summed E-state index contributed by atoms with van der Waals surface area (Å²) in [5.41, 5.74) is 2.62. The molecule has 0 unspecified atom stereocenters. The molecule has 2 saturated carbocycles. The summed E-state index contributed by atoms with van der Waals surface area (Å²) in [5, 5.41) is 14.1. The van der Waals surface area contributed by atoms with Gasteiger partial charge in [-0.1, -0.05) is 64.1 Å². The number of carbonyl (C=O) groups is 2. The van der Waals surface area contributed by atoms with E-state index in [2.05, 4.69) is 110 Å². The summed E-state index contributed by atoms with van der Waals surface area (Å²) < 4.78 is 17.8. The van der Waals surface area contributed by atoms with E-state index in [0.717, 1.165) is 100 Å². The maximum Gasteiger partial charge on any atom is 0.309 e. The van der Waals surface area contributed by atoms with Gasteiger partial charge >= 0.3 is 11.9 Å². The van der Waals surface area contributed by atoms with Crippen molar-refractivity contribution in [1.82, 2.24) is 9.80 Å². The molecule has 0 spiro atoms. The average molecular weight is 847 g/mol. The lowest BCUT2D eigenvalue weighted by Crippen LogP contribution is -2.36. The van der Waals surface area contributed by atoms with Gasteiger partial charge in [0.1, 0.15) is 11.5 Å². The van der Waals surface area contributed by atoms with Crippen molar-refractivity contribution in [2.75, 3.05) is 32.8 Å². The lowest BCUT2D eigenvalue weighted by Gasteiger charge is -2.31. The van der Waals surface area contributed by atoms with Crippen LogP contribution in [0.4, 0.5) is 0 Å². The van der Waals surface area contributed by atoms with Gasteiger partial charge in [0.2, 0.25) is 0 Å². The zero-order chi connectivity index (χ0) is 43.6. The Morgan fingerprint density at radius 1 is 0.548 bits per heavy atom. The van der Waals surface area contributed by atoms with Gasteiger partial charge in [-0.2, -0.15) is 0 Å². The molecule has 1 N–H and O–H groups in total. The first-order valence-corrected chi connectivity index (χ1v) is 24.2. The number of aliphatic carboxylic acids is 1. The van der Waals surface area contributed by atoms with Gasteiger partial charge in [0.15, 0.2) is 0 Å². The van der Waals surface area contributed by atoms with Crippen LogP contribution in [0.5, 0.6) is 11.5 Å². The van der Waals surface area contributed by atoms with E-state index in [1.54, 1.807) is 0 Å². The Morgan fingerprint density at radius 2 is 0.935 bits per heavy atom. The van der Waals surface area contributed by atoms with E-state index in [1.165, 1.54) is 84.0 Å². The van der Waals surface area contributed by atoms with Gasteiger partial charge in [-0.15, -0.1) is 0 Å². The van der Waals surface area contributed by atoms with Gasteiger partial charge in [0.25, 0.3) is 0 Å². The fourth-order valence-electron chi connectivity index (χ4n) is 10.5. The van der Waals surface area contributed by atoms with Crippen molar-refractivity contribution in [3.63, 3.8) is 0 Å². The molecule has 0 aromatic heterocycles. The van der Waals surface area contributed by atoms with Crippen LogP contribution >= 0.6 is 0 Å². The number of rotatable bonds is 13. The van der Waals surface area contributed by atoms with Crippen molar-refractivity contribution in [2.24, 2.45) is 35.5 Å². The van der Waals surface area contributed by atoms with Gasteiger partial charge in [-0.05, 0) is 203 Å². The largest absolute Gasteiger partial charge is 0.490 e. The summed E-state index contributed by atoms with van der Waals surface area (Å²) in [4.78, 5) is 27.9. The molecule has 0 amide bonds. The summed E-state index contributed by atoms with van der Waals surface area (Å²) in [6.07, 6.45) is 13.8. The molecule has 2 aliphatic carbocycles. The molecule has 4 aliphatic rings. The third kappa shape index (κ3) is 12.7. The van der Waals surface area contributed by atoms with Crippen molar-refractivity contribution in [2.45, 2.75) is 137 Å². The number of ether oxygens (including phenoxy) is 3. The number of carbonyl (C=O) groups excluding carboxylic acids is 1. The lowest BCUT2D eigenvalue weighted by atomic mass is 9.80. The molecule has 4 fully saturated rings. The molecule has 0 bridgehead atoms. The average Bonchev–Trinajstić information content (AvgIpc) is 3.27. The summed E-state index contributed by atoms with van der Waals surface area (Å²) in [6.45, 7) is 17.2. The standard InChI is InChI=1S/C28H39NO3.C26H35NO3/c1-4-31-28(30)23-13-15-29(16-14-23)19-21-5-6-25-18-27(12-9-24(25)17-21)32-26-10-7-22(8-11-26)20(2)3;1-18(2)20-5-8-24(9-6-20)30-25-10-7-22-15-19(3-4-23(22)16-25)17-27-13-11-21(12-14-27)26(28)29/h5-6,9,12,17-18,20,22-23,26H,4,7-8,10-11,13-16,19H2,1-3H3;3-4,7,10,15-16,18,20-21,24H,5-6,8-9,11-14,17H2,1-2H3,(H,28,29). The monoisotopic (exact) mass is 847 g/mol. The topological polar surface area (TPSA) is 88.5 Å². The Labute approximate surface area is 371 Å². The fourth-order valence-corrected chi connectivity index (χ4v) is 10.5. The van der Waals surface area contributed by atoms with Crippen molar-refractivity contribution >= 4 is 33.5 Å². The highest BCUT2D eigenvalue weighted by Gasteiger charge is 2.28. The summed E-state index contributed by atoms with van der Waals surface area (Å²) in [6, 6.07) is 26.4. The van der Waals surface area contributed by atoms with Gasteiger partial charge in [0.05, 0.1) is 30.7 Å².